The molecule has 78 valence electrons. The summed E-state index contributed by atoms with van der Waals surface area (Å²) in [5.74, 6) is 0. The monoisotopic (exact) mass is 222 g/mol. The molecule has 1 saturated carbocycles. The maximum atomic E-state index is 9.82. The highest BCUT2D eigenvalue weighted by atomic mass is 35.5. The molecule has 4 heteroatoms. The number of benzene rings is 1. The molecule has 0 bridgehead atoms. The predicted molar refractivity (Wildman–Crippen MR) is 59.0 cm³/mol. The molecular weight excluding hydrogens is 212 g/mol. The molecule has 0 radical (unpaired) electrons. The minimum Gasteiger partial charge on any atom is -0.390 e. The summed E-state index contributed by atoms with van der Waals surface area (Å²) in [5.41, 5.74) is 1.53. The Hall–Kier alpha value is -1.06. The molecular formula is C11H11ClN2O. The van der Waals surface area contributed by atoms with Gasteiger partial charge in [0.25, 0.3) is 0 Å². The average Bonchev–Trinajstić information content (AvgIpc) is 2.82. The first-order valence-corrected chi connectivity index (χ1v) is 5.39. The van der Waals surface area contributed by atoms with Gasteiger partial charge >= 0.3 is 0 Å². The summed E-state index contributed by atoms with van der Waals surface area (Å²) in [7, 11) is 0. The van der Waals surface area contributed by atoms with Crippen LogP contribution < -0.4 is 0 Å². The van der Waals surface area contributed by atoms with Gasteiger partial charge in [0.05, 0.1) is 11.1 Å². The highest BCUT2D eigenvalue weighted by Gasteiger charge is 2.40. The van der Waals surface area contributed by atoms with Crippen molar-refractivity contribution in [2.75, 3.05) is 0 Å². The van der Waals surface area contributed by atoms with Gasteiger partial charge in [0.2, 0.25) is 0 Å². The average molecular weight is 223 g/mol. The molecule has 1 aliphatic carbocycles. The van der Waals surface area contributed by atoms with Gasteiger partial charge in [-0.3, -0.25) is 5.10 Å². The van der Waals surface area contributed by atoms with Crippen LogP contribution in [0.5, 0.6) is 0 Å². The largest absolute Gasteiger partial charge is 0.390 e. The number of halogens is 1. The fourth-order valence-corrected chi connectivity index (χ4v) is 2.03. The number of nitrogens with one attached hydrogen (secondary N) is 1. The summed E-state index contributed by atoms with van der Waals surface area (Å²) in [4.78, 5) is 0. The Balaban J connectivity index is 2.01. The van der Waals surface area contributed by atoms with Gasteiger partial charge < -0.3 is 5.11 Å². The SMILES string of the molecule is OC1(Cc2ccc3n[nH]c(Cl)c3c2)CC1. The lowest BCUT2D eigenvalue weighted by molar-refractivity contribution is 0.151. The maximum absolute atomic E-state index is 9.82. The second-order valence-corrected chi connectivity index (χ2v) is 4.67. The molecule has 1 fully saturated rings. The van der Waals surface area contributed by atoms with Gasteiger partial charge in [-0.1, -0.05) is 17.7 Å². The van der Waals surface area contributed by atoms with Crippen LogP contribution in [-0.4, -0.2) is 20.9 Å². The zero-order chi connectivity index (χ0) is 10.5. The van der Waals surface area contributed by atoms with E-state index in [-0.39, 0.29) is 0 Å². The molecule has 3 rings (SSSR count). The van der Waals surface area contributed by atoms with Crippen molar-refractivity contribution in [3.63, 3.8) is 0 Å². The van der Waals surface area contributed by atoms with E-state index in [4.69, 9.17) is 11.6 Å². The zero-order valence-electron chi connectivity index (χ0n) is 8.13. The molecule has 0 aliphatic heterocycles. The van der Waals surface area contributed by atoms with Crippen LogP contribution in [0.15, 0.2) is 18.2 Å². The van der Waals surface area contributed by atoms with E-state index in [1.165, 1.54) is 0 Å². The molecule has 2 N–H and O–H groups in total. The van der Waals surface area contributed by atoms with E-state index in [9.17, 15) is 5.11 Å². The van der Waals surface area contributed by atoms with Crippen molar-refractivity contribution in [2.24, 2.45) is 0 Å². The topological polar surface area (TPSA) is 48.9 Å². The summed E-state index contributed by atoms with van der Waals surface area (Å²) < 4.78 is 0. The number of hydrogen-bond acceptors (Lipinski definition) is 2. The van der Waals surface area contributed by atoms with Crippen LogP contribution in [0.4, 0.5) is 0 Å². The quantitative estimate of drug-likeness (QED) is 0.819. The third kappa shape index (κ3) is 1.62. The molecule has 1 aromatic heterocycles. The number of fused-ring (bicyclic) bond motifs is 1. The number of aliphatic hydroxyl groups is 1. The van der Waals surface area contributed by atoms with Crippen molar-refractivity contribution in [3.8, 4) is 0 Å². The summed E-state index contributed by atoms with van der Waals surface area (Å²) in [5, 5.41) is 18.1. The summed E-state index contributed by atoms with van der Waals surface area (Å²) >= 11 is 5.95. The Kier molecular flexibility index (Phi) is 1.82. The fraction of sp³-hybridized carbons (Fsp3) is 0.364. The molecule has 1 heterocycles. The van der Waals surface area contributed by atoms with Gasteiger partial charge in [-0.2, -0.15) is 5.10 Å². The van der Waals surface area contributed by atoms with E-state index in [2.05, 4.69) is 10.2 Å². The smallest absolute Gasteiger partial charge is 0.132 e. The van der Waals surface area contributed by atoms with Crippen molar-refractivity contribution in [1.82, 2.24) is 10.2 Å². The minimum atomic E-state index is -0.454. The van der Waals surface area contributed by atoms with Crippen molar-refractivity contribution >= 4 is 22.5 Å². The van der Waals surface area contributed by atoms with Crippen molar-refractivity contribution in [2.45, 2.75) is 24.9 Å². The van der Waals surface area contributed by atoms with Gasteiger partial charge in [0.15, 0.2) is 0 Å². The first kappa shape index (κ1) is 9.19. The molecule has 0 amide bonds. The molecule has 0 atom stereocenters. The Morgan fingerprint density at radius 2 is 2.27 bits per heavy atom. The Morgan fingerprint density at radius 1 is 1.47 bits per heavy atom. The molecule has 3 nitrogen and oxygen atoms in total. The van der Waals surface area contributed by atoms with Gasteiger partial charge in [-0.25, -0.2) is 0 Å². The molecule has 2 aromatic rings. The molecule has 1 aliphatic rings. The van der Waals surface area contributed by atoms with Crippen molar-refractivity contribution in [1.29, 1.82) is 0 Å². The van der Waals surface area contributed by atoms with E-state index in [1.54, 1.807) is 0 Å². The fourth-order valence-electron chi connectivity index (χ4n) is 1.84. The van der Waals surface area contributed by atoms with Crippen LogP contribution in [0, 0.1) is 0 Å². The second-order valence-electron chi connectivity index (χ2n) is 4.29. The standard InChI is InChI=1S/C11H11ClN2O/c12-10-8-5-7(6-11(15)3-4-11)1-2-9(8)13-14-10/h1-2,5,15H,3-4,6H2,(H,13,14). The van der Waals surface area contributed by atoms with E-state index in [1.807, 2.05) is 18.2 Å². The van der Waals surface area contributed by atoms with Crippen LogP contribution >= 0.6 is 11.6 Å². The summed E-state index contributed by atoms with van der Waals surface area (Å²) in [6.45, 7) is 0. The van der Waals surface area contributed by atoms with E-state index in [0.29, 0.717) is 11.6 Å². The van der Waals surface area contributed by atoms with Crippen LogP contribution in [0.3, 0.4) is 0 Å². The number of aromatic amines is 1. The summed E-state index contributed by atoms with van der Waals surface area (Å²) in [6, 6.07) is 5.92. The molecule has 15 heavy (non-hydrogen) atoms. The lowest BCUT2D eigenvalue weighted by Gasteiger charge is -2.06. The normalized spacial score (nSPS) is 18.3. The molecule has 0 spiro atoms. The van der Waals surface area contributed by atoms with Crippen LogP contribution in [0.2, 0.25) is 5.15 Å². The maximum Gasteiger partial charge on any atom is 0.132 e. The van der Waals surface area contributed by atoms with E-state index < -0.39 is 5.60 Å². The lowest BCUT2D eigenvalue weighted by atomic mass is 10.1. The Labute approximate surface area is 92.1 Å². The van der Waals surface area contributed by atoms with Gasteiger partial charge in [0, 0.05) is 11.8 Å². The zero-order valence-corrected chi connectivity index (χ0v) is 8.88. The Bertz CT molecular complexity index is 516. The first-order valence-electron chi connectivity index (χ1n) is 5.01. The van der Waals surface area contributed by atoms with E-state index in [0.717, 1.165) is 29.3 Å². The number of rotatable bonds is 2. The number of nitrogens with zero attached hydrogens (tertiary/aromatic N) is 1. The highest BCUT2D eigenvalue weighted by molar-refractivity contribution is 6.34. The van der Waals surface area contributed by atoms with Crippen LogP contribution in [0.1, 0.15) is 18.4 Å². The molecule has 1 aromatic carbocycles. The first-order chi connectivity index (χ1) is 7.16. The van der Waals surface area contributed by atoms with Crippen LogP contribution in [-0.2, 0) is 6.42 Å². The third-order valence-corrected chi connectivity index (χ3v) is 3.22. The van der Waals surface area contributed by atoms with Gasteiger partial charge in [-0.15, -0.1) is 0 Å². The third-order valence-electron chi connectivity index (χ3n) is 2.93. The van der Waals surface area contributed by atoms with Gasteiger partial charge in [-0.05, 0) is 30.5 Å². The van der Waals surface area contributed by atoms with Crippen molar-refractivity contribution < 1.29 is 5.11 Å². The number of H-pyrrole nitrogens is 1. The lowest BCUT2D eigenvalue weighted by Crippen LogP contribution is -2.10. The van der Waals surface area contributed by atoms with Crippen LogP contribution in [0.25, 0.3) is 10.9 Å². The highest BCUT2D eigenvalue weighted by Crippen LogP contribution is 2.38. The minimum absolute atomic E-state index is 0.454. The van der Waals surface area contributed by atoms with Crippen molar-refractivity contribution in [3.05, 3.63) is 28.9 Å². The summed E-state index contributed by atoms with van der Waals surface area (Å²) in [6.07, 6.45) is 2.53. The number of hydrogen-bond donors (Lipinski definition) is 2. The predicted octanol–water partition coefficient (Wildman–Crippen LogP) is 2.28. The number of aromatic nitrogens is 2. The Morgan fingerprint density at radius 3 is 3.00 bits per heavy atom. The van der Waals surface area contributed by atoms with Gasteiger partial charge in [0.1, 0.15) is 5.15 Å². The molecule has 0 saturated heterocycles. The second kappa shape index (κ2) is 2.97. The molecule has 0 unspecified atom stereocenters. The van der Waals surface area contributed by atoms with E-state index >= 15 is 0 Å².